The Morgan fingerprint density at radius 2 is 1.10 bits per heavy atom. The lowest BCUT2D eigenvalue weighted by Gasteiger charge is -2.21. The van der Waals surface area contributed by atoms with Gasteiger partial charge in [-0.1, -0.05) is 188 Å². The molecule has 0 spiro atoms. The van der Waals surface area contributed by atoms with Crippen LogP contribution in [0, 0.1) is 6.92 Å². The number of allylic oxidation sites excluding steroid dienone is 1. The van der Waals surface area contributed by atoms with Gasteiger partial charge in [0.25, 0.3) is 0 Å². The second-order valence-electron chi connectivity index (χ2n) is 16.3. The van der Waals surface area contributed by atoms with Gasteiger partial charge in [-0.15, -0.1) is 22.7 Å². The van der Waals surface area contributed by atoms with Crippen LogP contribution in [-0.2, 0) is 0 Å². The molecule has 0 fully saturated rings. The van der Waals surface area contributed by atoms with E-state index in [0.29, 0.717) is 0 Å². The SMILES string of the molecule is Cc1ccccc1-c1sc2c3c(c4c5cc(-c6ccccc6)c6ccccc6c5sc5cc(-c6ccccc6)cc(c3c1/C=C/c1ccccc1)c54)=CCC(c1ccccc1)=C2. The summed E-state index contributed by atoms with van der Waals surface area (Å²) in [4.78, 5) is 2.59. The zero-order valence-corrected chi connectivity index (χ0v) is 35.9. The average Bonchev–Trinajstić information content (AvgIpc) is 3.53. The Morgan fingerprint density at radius 3 is 1.84 bits per heavy atom. The molecule has 0 amide bonds. The Labute approximate surface area is 369 Å². The molecular weight excluding hydrogens is 785 g/mol. The van der Waals surface area contributed by atoms with Crippen molar-refractivity contribution in [3.8, 4) is 32.7 Å². The van der Waals surface area contributed by atoms with Crippen molar-refractivity contribution < 1.29 is 0 Å². The molecule has 2 heteroatoms. The highest BCUT2D eigenvalue weighted by Gasteiger charge is 2.25. The molecule has 62 heavy (non-hydrogen) atoms. The first-order chi connectivity index (χ1) is 30.7. The lowest BCUT2D eigenvalue weighted by molar-refractivity contribution is 1.47. The Balaban J connectivity index is 1.35. The fraction of sp³-hybridized carbons (Fsp3) is 0.0333. The third kappa shape index (κ3) is 6.10. The molecule has 0 atom stereocenters. The third-order valence-corrected chi connectivity index (χ3v) is 15.0. The monoisotopic (exact) mass is 824 g/mol. The van der Waals surface area contributed by atoms with Crippen molar-refractivity contribution in [1.82, 2.24) is 0 Å². The maximum atomic E-state index is 2.56. The van der Waals surface area contributed by atoms with Gasteiger partial charge in [-0.25, -0.2) is 0 Å². The first-order valence-corrected chi connectivity index (χ1v) is 23.0. The molecule has 12 rings (SSSR count). The van der Waals surface area contributed by atoms with Crippen LogP contribution in [-0.4, -0.2) is 0 Å². The minimum absolute atomic E-state index is 0.826. The van der Waals surface area contributed by atoms with Crippen molar-refractivity contribution in [3.05, 3.63) is 220 Å². The Bertz CT molecular complexity index is 3680. The van der Waals surface area contributed by atoms with E-state index in [0.717, 1.165) is 6.42 Å². The molecule has 2 aromatic heterocycles. The van der Waals surface area contributed by atoms with Gasteiger partial charge in [0.1, 0.15) is 0 Å². The van der Waals surface area contributed by atoms with E-state index in [4.69, 9.17) is 0 Å². The van der Waals surface area contributed by atoms with Gasteiger partial charge >= 0.3 is 0 Å². The fourth-order valence-electron chi connectivity index (χ4n) is 9.75. The Morgan fingerprint density at radius 1 is 0.452 bits per heavy atom. The van der Waals surface area contributed by atoms with Gasteiger partial charge < -0.3 is 0 Å². The molecule has 0 radical (unpaired) electrons. The quantitative estimate of drug-likeness (QED) is 0.116. The summed E-state index contributed by atoms with van der Waals surface area (Å²) in [6.45, 7) is 2.26. The standard InChI is InChI=1S/C60H40S2/c1-38-18-14-15-27-45(38)59-49(32-30-39-19-6-2-7-20-39)56-51-34-44(41-23-10-4-11-24-41)36-54-58(51)55(48-33-31-43(35-53(61-59)57(48)56)40-21-8-3-9-22-40)52-37-50(42-25-12-5-13-26-42)46-28-16-17-29-47(46)60(52)62-54/h2-30,32-37H,31H2,1H3/b32-30+. The summed E-state index contributed by atoms with van der Waals surface area (Å²) in [5.74, 6) is 0. The van der Waals surface area contributed by atoms with E-state index in [1.54, 1.807) is 0 Å². The van der Waals surface area contributed by atoms with Gasteiger partial charge in [0.2, 0.25) is 0 Å². The van der Waals surface area contributed by atoms with Gasteiger partial charge in [0.15, 0.2) is 0 Å². The summed E-state index contributed by atoms with van der Waals surface area (Å²) in [5, 5.41) is 11.8. The molecule has 0 aliphatic heterocycles. The second-order valence-corrected chi connectivity index (χ2v) is 18.4. The highest BCUT2D eigenvalue weighted by Crippen LogP contribution is 2.50. The van der Waals surface area contributed by atoms with Crippen LogP contribution in [0.15, 0.2) is 188 Å². The average molecular weight is 825 g/mol. The Hall–Kier alpha value is -7.10. The highest BCUT2D eigenvalue weighted by molar-refractivity contribution is 7.26. The second kappa shape index (κ2) is 15.1. The van der Waals surface area contributed by atoms with Gasteiger partial charge in [-0.05, 0) is 109 Å². The molecular formula is C60H40S2. The van der Waals surface area contributed by atoms with Crippen LogP contribution in [0.1, 0.15) is 33.6 Å². The minimum Gasteiger partial charge on any atom is -0.135 e. The lowest BCUT2D eigenvalue weighted by atomic mass is 9.88. The molecule has 1 aliphatic carbocycles. The summed E-state index contributed by atoms with van der Waals surface area (Å²) < 4.78 is 2.63. The number of rotatable bonds is 6. The highest BCUT2D eigenvalue weighted by atomic mass is 32.1. The van der Waals surface area contributed by atoms with E-state index in [1.165, 1.54) is 123 Å². The summed E-state index contributed by atoms with van der Waals surface area (Å²) in [6, 6.07) is 69.1. The van der Waals surface area contributed by atoms with Crippen molar-refractivity contribution in [2.75, 3.05) is 0 Å². The molecule has 0 bridgehead atoms. The normalized spacial score (nSPS) is 12.7. The van der Waals surface area contributed by atoms with Gasteiger partial charge in [0, 0.05) is 51.6 Å². The molecule has 0 N–H and O–H groups in total. The Kier molecular flexibility index (Phi) is 8.95. The van der Waals surface area contributed by atoms with Crippen LogP contribution in [0.25, 0.3) is 115 Å². The summed E-state index contributed by atoms with van der Waals surface area (Å²) >= 11 is 3.89. The van der Waals surface area contributed by atoms with Crippen molar-refractivity contribution in [3.63, 3.8) is 0 Å². The van der Waals surface area contributed by atoms with E-state index in [1.807, 2.05) is 22.7 Å². The van der Waals surface area contributed by atoms with Gasteiger partial charge in [-0.2, -0.15) is 0 Å². The first-order valence-electron chi connectivity index (χ1n) is 21.4. The molecule has 0 saturated heterocycles. The van der Waals surface area contributed by atoms with E-state index in [9.17, 15) is 0 Å². The summed E-state index contributed by atoms with van der Waals surface area (Å²) in [7, 11) is 0. The van der Waals surface area contributed by atoms with Gasteiger partial charge in [-0.3, -0.25) is 0 Å². The summed E-state index contributed by atoms with van der Waals surface area (Å²) in [6.07, 6.45) is 10.6. The van der Waals surface area contributed by atoms with Crippen LogP contribution in [0.4, 0.5) is 0 Å². The van der Waals surface area contributed by atoms with Crippen LogP contribution >= 0.6 is 22.7 Å². The van der Waals surface area contributed by atoms with Crippen molar-refractivity contribution in [2.24, 2.45) is 0 Å². The number of hydrogen-bond donors (Lipinski definition) is 0. The molecule has 292 valence electrons. The van der Waals surface area contributed by atoms with Crippen molar-refractivity contribution in [1.29, 1.82) is 0 Å². The first kappa shape index (κ1) is 36.7. The third-order valence-electron chi connectivity index (χ3n) is 12.7. The van der Waals surface area contributed by atoms with Crippen LogP contribution < -0.4 is 5.22 Å². The zero-order chi connectivity index (χ0) is 41.1. The maximum Gasteiger partial charge on any atom is 0.0434 e. The van der Waals surface area contributed by atoms with Gasteiger partial charge in [0.05, 0.1) is 0 Å². The fourth-order valence-corrected chi connectivity index (χ4v) is 12.4. The zero-order valence-electron chi connectivity index (χ0n) is 34.2. The van der Waals surface area contributed by atoms with Crippen LogP contribution in [0.2, 0.25) is 0 Å². The molecule has 0 unspecified atom stereocenters. The smallest absolute Gasteiger partial charge is 0.0434 e. The number of aryl methyl sites for hydroxylation is 1. The minimum atomic E-state index is 0.826. The number of benzene rings is 9. The molecule has 0 saturated carbocycles. The topological polar surface area (TPSA) is 0 Å². The van der Waals surface area contributed by atoms with Crippen molar-refractivity contribution >= 4 is 105 Å². The molecule has 0 nitrogen and oxygen atoms in total. The molecule has 2 heterocycles. The molecule has 9 aromatic carbocycles. The predicted octanol–water partition coefficient (Wildman–Crippen LogP) is 17.1. The van der Waals surface area contributed by atoms with Crippen molar-refractivity contribution in [2.45, 2.75) is 13.3 Å². The van der Waals surface area contributed by atoms with E-state index in [-0.39, 0.29) is 0 Å². The predicted molar refractivity (Wildman–Crippen MR) is 274 cm³/mol. The lowest BCUT2D eigenvalue weighted by Crippen LogP contribution is -2.08. The number of fused-ring (bicyclic) bond motifs is 6. The largest absolute Gasteiger partial charge is 0.135 e. The van der Waals surface area contributed by atoms with E-state index >= 15 is 0 Å². The molecule has 11 aromatic rings. The van der Waals surface area contributed by atoms with Crippen LogP contribution in [0.3, 0.4) is 0 Å². The number of hydrogen-bond acceptors (Lipinski definition) is 2. The van der Waals surface area contributed by atoms with E-state index in [2.05, 4.69) is 219 Å². The summed E-state index contributed by atoms with van der Waals surface area (Å²) in [5.41, 5.74) is 12.6. The maximum absolute atomic E-state index is 2.56. The molecule has 1 aliphatic rings. The van der Waals surface area contributed by atoms with Crippen LogP contribution in [0.5, 0.6) is 0 Å². The van der Waals surface area contributed by atoms with E-state index < -0.39 is 0 Å².